The predicted molar refractivity (Wildman–Crippen MR) is 143 cm³/mol. The van der Waals surface area contributed by atoms with Crippen molar-refractivity contribution in [3.8, 4) is 17.2 Å². The zero-order valence-electron chi connectivity index (χ0n) is 19.0. The van der Waals surface area contributed by atoms with Gasteiger partial charge in [-0.05, 0) is 64.5 Å². The van der Waals surface area contributed by atoms with Crippen molar-refractivity contribution >= 4 is 44.4 Å². The van der Waals surface area contributed by atoms with E-state index in [1.54, 1.807) is 23.5 Å². The van der Waals surface area contributed by atoms with E-state index in [-0.39, 0.29) is 24.5 Å². The minimum Gasteiger partial charge on any atom is -0.508 e. The molecule has 6 nitrogen and oxygen atoms in total. The molecule has 1 aromatic heterocycles. The van der Waals surface area contributed by atoms with Crippen LogP contribution in [-0.4, -0.2) is 22.7 Å². The predicted octanol–water partition coefficient (Wildman–Crippen LogP) is 6.53. The monoisotopic (exact) mass is 560 g/mol. The number of hydrogen-bond acceptors (Lipinski definition) is 6. The van der Waals surface area contributed by atoms with Crippen LogP contribution in [0.5, 0.6) is 17.2 Å². The van der Waals surface area contributed by atoms with Crippen LogP contribution in [-0.2, 0) is 11.3 Å². The molecule has 1 amide bonds. The maximum atomic E-state index is 13.5. The summed E-state index contributed by atoms with van der Waals surface area (Å²) in [5.74, 6) is 1.34. The smallest absolute Gasteiger partial charge is 0.257 e. The molecule has 36 heavy (non-hydrogen) atoms. The van der Waals surface area contributed by atoms with Gasteiger partial charge in [-0.3, -0.25) is 4.79 Å². The van der Waals surface area contributed by atoms with E-state index in [1.807, 2.05) is 66.2 Å². The van der Waals surface area contributed by atoms with E-state index in [0.717, 1.165) is 26.0 Å². The standard InChI is InChI=1S/C28H21BrN2O4S/c29-23-13-25-24(34-16-35-25)11-17(23)14-31-15-22(28(33)30-18-5-2-1-3-6-18)20-9-8-19(32)12-21(20)27(31)26-7-4-10-36-26/h1-13,15,27,32H,14,16H2,(H,30,33). The molecule has 0 fully saturated rings. The number of halogens is 1. The van der Waals surface area contributed by atoms with E-state index in [9.17, 15) is 9.90 Å². The summed E-state index contributed by atoms with van der Waals surface area (Å²) in [6.45, 7) is 0.695. The minimum atomic E-state index is -0.215. The molecule has 2 aliphatic rings. The van der Waals surface area contributed by atoms with Crippen LogP contribution in [0.1, 0.15) is 27.6 Å². The molecule has 1 unspecified atom stereocenters. The number of aromatic hydroxyl groups is 1. The molecule has 8 heteroatoms. The summed E-state index contributed by atoms with van der Waals surface area (Å²) in [5, 5.41) is 15.5. The molecule has 3 heterocycles. The molecule has 0 spiro atoms. The number of benzene rings is 3. The van der Waals surface area contributed by atoms with Crippen molar-refractivity contribution in [1.29, 1.82) is 0 Å². The SMILES string of the molecule is O=C(Nc1ccccc1)C1=CN(Cc2cc3c(cc2Br)OCO3)C(c2cccs2)c2cc(O)ccc21. The van der Waals surface area contributed by atoms with Gasteiger partial charge < -0.3 is 24.8 Å². The quantitative estimate of drug-likeness (QED) is 0.290. The first-order valence-corrected chi connectivity index (χ1v) is 13.0. The van der Waals surface area contributed by atoms with Crippen LogP contribution in [0.15, 0.2) is 88.8 Å². The lowest BCUT2D eigenvalue weighted by Gasteiger charge is -2.37. The Hall–Kier alpha value is -3.75. The molecule has 0 aliphatic carbocycles. The number of phenolic OH excluding ortho intramolecular Hbond substituents is 1. The lowest BCUT2D eigenvalue weighted by Crippen LogP contribution is -2.30. The first-order chi connectivity index (χ1) is 17.6. The van der Waals surface area contributed by atoms with Crippen molar-refractivity contribution in [2.45, 2.75) is 12.6 Å². The number of phenols is 1. The van der Waals surface area contributed by atoms with Crippen LogP contribution in [0.25, 0.3) is 5.57 Å². The number of carbonyl (C=O) groups excluding carboxylic acids is 1. The van der Waals surface area contributed by atoms with E-state index in [0.29, 0.717) is 29.3 Å². The molecule has 0 saturated carbocycles. The van der Waals surface area contributed by atoms with Gasteiger partial charge in [0.15, 0.2) is 11.5 Å². The lowest BCUT2D eigenvalue weighted by atomic mass is 9.89. The third-order valence-electron chi connectivity index (χ3n) is 6.23. The summed E-state index contributed by atoms with van der Waals surface area (Å²) < 4.78 is 12.0. The average Bonchev–Trinajstić information content (AvgIpc) is 3.56. The van der Waals surface area contributed by atoms with Gasteiger partial charge >= 0.3 is 0 Å². The number of rotatable bonds is 5. The highest BCUT2D eigenvalue weighted by Crippen LogP contribution is 2.44. The molecular formula is C28H21BrN2O4S. The maximum Gasteiger partial charge on any atom is 0.257 e. The Morgan fingerprint density at radius 3 is 2.64 bits per heavy atom. The van der Waals surface area contributed by atoms with Crippen LogP contribution in [0.4, 0.5) is 5.69 Å². The Morgan fingerprint density at radius 1 is 1.06 bits per heavy atom. The van der Waals surface area contributed by atoms with Crippen molar-refractivity contribution in [3.05, 3.63) is 110 Å². The second kappa shape index (κ2) is 9.37. The van der Waals surface area contributed by atoms with E-state index in [2.05, 4.69) is 32.2 Å². The van der Waals surface area contributed by atoms with Crippen LogP contribution in [0, 0.1) is 0 Å². The number of fused-ring (bicyclic) bond motifs is 2. The lowest BCUT2D eigenvalue weighted by molar-refractivity contribution is -0.111. The Bertz CT molecular complexity index is 1470. The van der Waals surface area contributed by atoms with Gasteiger partial charge in [-0.25, -0.2) is 0 Å². The topological polar surface area (TPSA) is 71.0 Å². The third kappa shape index (κ3) is 4.23. The van der Waals surface area contributed by atoms with Gasteiger partial charge in [-0.1, -0.05) is 46.3 Å². The molecule has 2 N–H and O–H groups in total. The van der Waals surface area contributed by atoms with Gasteiger partial charge in [0.05, 0.1) is 11.6 Å². The highest BCUT2D eigenvalue weighted by atomic mass is 79.9. The first kappa shape index (κ1) is 22.7. The van der Waals surface area contributed by atoms with E-state index < -0.39 is 0 Å². The number of nitrogens with one attached hydrogen (secondary N) is 1. The van der Waals surface area contributed by atoms with Crippen molar-refractivity contribution < 1.29 is 19.4 Å². The largest absolute Gasteiger partial charge is 0.508 e. The number of para-hydroxylation sites is 1. The molecule has 180 valence electrons. The Morgan fingerprint density at radius 2 is 1.86 bits per heavy atom. The number of anilines is 1. The number of ether oxygens (including phenoxy) is 2. The summed E-state index contributed by atoms with van der Waals surface area (Å²) in [6.07, 6.45) is 1.92. The molecule has 2 aliphatic heterocycles. The summed E-state index contributed by atoms with van der Waals surface area (Å²) >= 11 is 5.32. The van der Waals surface area contributed by atoms with Crippen LogP contribution in [0.2, 0.25) is 0 Å². The van der Waals surface area contributed by atoms with Gasteiger partial charge in [-0.15, -0.1) is 11.3 Å². The fourth-order valence-electron chi connectivity index (χ4n) is 4.59. The average molecular weight is 561 g/mol. The Labute approximate surface area is 220 Å². The zero-order valence-corrected chi connectivity index (χ0v) is 21.4. The van der Waals surface area contributed by atoms with Crippen molar-refractivity contribution in [2.75, 3.05) is 12.1 Å². The summed E-state index contributed by atoms with van der Waals surface area (Å²) in [4.78, 5) is 16.8. The summed E-state index contributed by atoms with van der Waals surface area (Å²) in [6, 6.07) is 22.4. The number of hydrogen-bond donors (Lipinski definition) is 2. The third-order valence-corrected chi connectivity index (χ3v) is 7.89. The zero-order chi connectivity index (χ0) is 24.6. The first-order valence-electron chi connectivity index (χ1n) is 11.4. The summed E-state index contributed by atoms with van der Waals surface area (Å²) in [5.41, 5.74) is 3.90. The van der Waals surface area contributed by atoms with Gasteiger partial charge in [0.1, 0.15) is 5.75 Å². The molecule has 4 aromatic rings. The maximum absolute atomic E-state index is 13.5. The Balaban J connectivity index is 1.45. The van der Waals surface area contributed by atoms with E-state index >= 15 is 0 Å². The summed E-state index contributed by atoms with van der Waals surface area (Å²) in [7, 11) is 0. The second-order valence-electron chi connectivity index (χ2n) is 8.52. The highest BCUT2D eigenvalue weighted by molar-refractivity contribution is 9.10. The second-order valence-corrected chi connectivity index (χ2v) is 10.4. The van der Waals surface area contributed by atoms with Crippen molar-refractivity contribution in [1.82, 2.24) is 4.90 Å². The van der Waals surface area contributed by atoms with Gasteiger partial charge in [-0.2, -0.15) is 0 Å². The normalized spacial score (nSPS) is 15.9. The van der Waals surface area contributed by atoms with Gasteiger partial charge in [0.25, 0.3) is 5.91 Å². The molecule has 0 bridgehead atoms. The molecular weight excluding hydrogens is 540 g/mol. The number of thiophene rings is 1. The fourth-order valence-corrected chi connectivity index (χ4v) is 5.90. The van der Waals surface area contributed by atoms with Gasteiger partial charge in [0, 0.05) is 27.8 Å². The Kier molecular flexibility index (Phi) is 5.91. The fraction of sp³-hybridized carbons (Fsp3) is 0.107. The van der Waals surface area contributed by atoms with E-state index in [4.69, 9.17) is 9.47 Å². The van der Waals surface area contributed by atoms with Crippen LogP contribution < -0.4 is 14.8 Å². The van der Waals surface area contributed by atoms with Crippen LogP contribution >= 0.6 is 27.3 Å². The van der Waals surface area contributed by atoms with E-state index in [1.165, 1.54) is 0 Å². The minimum absolute atomic E-state index is 0.157. The van der Waals surface area contributed by atoms with Crippen molar-refractivity contribution in [3.63, 3.8) is 0 Å². The van der Waals surface area contributed by atoms with Crippen molar-refractivity contribution in [2.24, 2.45) is 0 Å². The van der Waals surface area contributed by atoms with Gasteiger partial charge in [0.2, 0.25) is 6.79 Å². The molecule has 1 atom stereocenters. The number of nitrogens with zero attached hydrogens (tertiary/aromatic N) is 1. The number of amides is 1. The molecule has 3 aromatic carbocycles. The molecule has 0 radical (unpaired) electrons. The van der Waals surface area contributed by atoms with Crippen LogP contribution in [0.3, 0.4) is 0 Å². The molecule has 0 saturated heterocycles. The molecule has 6 rings (SSSR count). The highest BCUT2D eigenvalue weighted by Gasteiger charge is 2.33. The number of carbonyl (C=O) groups is 1.